The summed E-state index contributed by atoms with van der Waals surface area (Å²) >= 11 is 0. The maximum absolute atomic E-state index is 11.1. The fourth-order valence-corrected chi connectivity index (χ4v) is 2.09. The lowest BCUT2D eigenvalue weighted by molar-refractivity contribution is 0.588. The predicted octanol–water partition coefficient (Wildman–Crippen LogP) is 1.06. The van der Waals surface area contributed by atoms with Crippen LogP contribution in [0.25, 0.3) is 0 Å². The maximum Gasteiger partial charge on any atom is 0.149 e. The van der Waals surface area contributed by atoms with Crippen molar-refractivity contribution in [3.05, 3.63) is 23.9 Å². The van der Waals surface area contributed by atoms with Gasteiger partial charge in [-0.25, -0.2) is 13.4 Å². The summed E-state index contributed by atoms with van der Waals surface area (Å²) in [6.07, 6.45) is 3.07. The first-order valence-electron chi connectivity index (χ1n) is 6.35. The molecule has 5 nitrogen and oxygen atoms in total. The SMILES string of the molecule is CC(C)NCc1ccc(N(C)CCS(C)(=O)=O)nc1. The van der Waals surface area contributed by atoms with Gasteiger partial charge in [0, 0.05) is 38.6 Å². The minimum absolute atomic E-state index is 0.141. The van der Waals surface area contributed by atoms with E-state index in [-0.39, 0.29) is 5.75 Å². The first-order valence-corrected chi connectivity index (χ1v) is 8.41. The lowest BCUT2D eigenvalue weighted by atomic mass is 10.2. The normalized spacial score (nSPS) is 11.8. The van der Waals surface area contributed by atoms with Crippen LogP contribution in [0.1, 0.15) is 19.4 Å². The first kappa shape index (κ1) is 15.9. The Balaban J connectivity index is 2.55. The number of pyridine rings is 1. The summed E-state index contributed by atoms with van der Waals surface area (Å²) in [5.41, 5.74) is 1.12. The Hall–Kier alpha value is -1.14. The van der Waals surface area contributed by atoms with Crippen molar-refractivity contribution in [2.75, 3.05) is 30.5 Å². The van der Waals surface area contributed by atoms with Gasteiger partial charge in [-0.15, -0.1) is 0 Å². The molecule has 0 fully saturated rings. The Bertz CT molecular complexity index is 483. The van der Waals surface area contributed by atoms with Gasteiger partial charge in [-0.3, -0.25) is 0 Å². The van der Waals surface area contributed by atoms with Crippen molar-refractivity contribution in [1.82, 2.24) is 10.3 Å². The third-order valence-corrected chi connectivity index (χ3v) is 3.64. The summed E-state index contributed by atoms with van der Waals surface area (Å²) in [6, 6.07) is 4.37. The van der Waals surface area contributed by atoms with Gasteiger partial charge in [0.05, 0.1) is 5.75 Å². The van der Waals surface area contributed by atoms with Crippen LogP contribution in [0.5, 0.6) is 0 Å². The molecule has 0 radical (unpaired) electrons. The molecule has 6 heteroatoms. The van der Waals surface area contributed by atoms with E-state index < -0.39 is 9.84 Å². The van der Waals surface area contributed by atoms with Crippen molar-refractivity contribution < 1.29 is 8.42 Å². The standard InChI is InChI=1S/C13H23N3O2S/c1-11(2)14-9-12-5-6-13(15-10-12)16(3)7-8-19(4,17)18/h5-6,10-11,14H,7-9H2,1-4H3. The highest BCUT2D eigenvalue weighted by molar-refractivity contribution is 7.90. The summed E-state index contributed by atoms with van der Waals surface area (Å²) in [6.45, 7) is 5.44. The summed E-state index contributed by atoms with van der Waals surface area (Å²) in [5.74, 6) is 0.930. The molecule has 0 saturated heterocycles. The molecule has 0 atom stereocenters. The van der Waals surface area contributed by atoms with E-state index in [2.05, 4.69) is 24.1 Å². The topological polar surface area (TPSA) is 62.3 Å². The second kappa shape index (κ2) is 6.86. The van der Waals surface area contributed by atoms with Crippen molar-refractivity contribution >= 4 is 15.7 Å². The third-order valence-electron chi connectivity index (χ3n) is 2.71. The van der Waals surface area contributed by atoms with E-state index >= 15 is 0 Å². The molecule has 0 aromatic carbocycles. The van der Waals surface area contributed by atoms with Gasteiger partial charge in [0.1, 0.15) is 15.7 Å². The fraction of sp³-hybridized carbons (Fsp3) is 0.615. The van der Waals surface area contributed by atoms with Gasteiger partial charge >= 0.3 is 0 Å². The quantitative estimate of drug-likeness (QED) is 0.811. The molecule has 0 aliphatic heterocycles. The average molecular weight is 285 g/mol. The lowest BCUT2D eigenvalue weighted by Crippen LogP contribution is -2.26. The number of hydrogen-bond donors (Lipinski definition) is 1. The number of anilines is 1. The molecule has 1 heterocycles. The molecule has 0 aliphatic rings. The van der Waals surface area contributed by atoms with Crippen molar-refractivity contribution in [1.29, 1.82) is 0 Å². The zero-order valence-electron chi connectivity index (χ0n) is 12.0. The Labute approximate surface area is 116 Å². The van der Waals surface area contributed by atoms with Gasteiger partial charge in [-0.05, 0) is 11.6 Å². The van der Waals surface area contributed by atoms with Crippen LogP contribution < -0.4 is 10.2 Å². The minimum atomic E-state index is -2.93. The molecule has 0 bridgehead atoms. The van der Waals surface area contributed by atoms with Crippen molar-refractivity contribution in [3.63, 3.8) is 0 Å². The fourth-order valence-electron chi connectivity index (χ4n) is 1.49. The molecule has 0 unspecified atom stereocenters. The highest BCUT2D eigenvalue weighted by atomic mass is 32.2. The highest BCUT2D eigenvalue weighted by Crippen LogP contribution is 2.09. The molecule has 1 N–H and O–H groups in total. The molecule has 0 saturated carbocycles. The van der Waals surface area contributed by atoms with Crippen LogP contribution in [0, 0.1) is 0 Å². The molecular weight excluding hydrogens is 262 g/mol. The molecule has 0 amide bonds. The molecule has 1 aromatic heterocycles. The van der Waals surface area contributed by atoms with Crippen LogP contribution >= 0.6 is 0 Å². The predicted molar refractivity (Wildman–Crippen MR) is 79.2 cm³/mol. The second-order valence-corrected chi connectivity index (χ2v) is 7.37. The van der Waals surface area contributed by atoms with Gasteiger partial charge in [0.25, 0.3) is 0 Å². The van der Waals surface area contributed by atoms with E-state index in [0.29, 0.717) is 12.6 Å². The molecular formula is C13H23N3O2S. The number of hydrogen-bond acceptors (Lipinski definition) is 5. The number of nitrogens with zero attached hydrogens (tertiary/aromatic N) is 2. The zero-order chi connectivity index (χ0) is 14.5. The Kier molecular flexibility index (Phi) is 5.75. The van der Waals surface area contributed by atoms with E-state index in [9.17, 15) is 8.42 Å². The minimum Gasteiger partial charge on any atom is -0.359 e. The first-order chi connectivity index (χ1) is 8.78. The van der Waals surface area contributed by atoms with Gasteiger partial charge in [0.2, 0.25) is 0 Å². The summed E-state index contributed by atoms with van der Waals surface area (Å²) < 4.78 is 22.2. The van der Waals surface area contributed by atoms with Crippen LogP contribution in [-0.4, -0.2) is 45.0 Å². The molecule has 19 heavy (non-hydrogen) atoms. The smallest absolute Gasteiger partial charge is 0.149 e. The Morgan fingerprint density at radius 3 is 2.53 bits per heavy atom. The van der Waals surface area contributed by atoms with Gasteiger partial charge in [-0.2, -0.15) is 0 Å². The third kappa shape index (κ3) is 6.54. The number of sulfone groups is 1. The van der Waals surface area contributed by atoms with Crippen LogP contribution in [-0.2, 0) is 16.4 Å². The number of nitrogens with one attached hydrogen (secondary N) is 1. The maximum atomic E-state index is 11.1. The summed E-state index contributed by atoms with van der Waals surface area (Å²) in [4.78, 5) is 6.20. The van der Waals surface area contributed by atoms with Crippen molar-refractivity contribution in [2.45, 2.75) is 26.4 Å². The van der Waals surface area contributed by atoms with E-state index in [0.717, 1.165) is 17.9 Å². The summed E-state index contributed by atoms with van der Waals surface area (Å²) in [5, 5.41) is 3.32. The molecule has 108 valence electrons. The average Bonchev–Trinajstić information content (AvgIpc) is 2.33. The molecule has 1 rings (SSSR count). The monoisotopic (exact) mass is 285 g/mol. The Morgan fingerprint density at radius 2 is 2.05 bits per heavy atom. The zero-order valence-corrected chi connectivity index (χ0v) is 12.9. The lowest BCUT2D eigenvalue weighted by Gasteiger charge is -2.17. The van der Waals surface area contributed by atoms with Crippen molar-refractivity contribution in [3.8, 4) is 0 Å². The van der Waals surface area contributed by atoms with E-state index in [1.165, 1.54) is 6.26 Å². The van der Waals surface area contributed by atoms with Gasteiger partial charge in [-0.1, -0.05) is 19.9 Å². The molecule has 1 aromatic rings. The van der Waals surface area contributed by atoms with Crippen LogP contribution in [0.4, 0.5) is 5.82 Å². The Morgan fingerprint density at radius 1 is 1.37 bits per heavy atom. The van der Waals surface area contributed by atoms with Crippen LogP contribution in [0.15, 0.2) is 18.3 Å². The summed E-state index contributed by atoms with van der Waals surface area (Å²) in [7, 11) is -1.09. The largest absolute Gasteiger partial charge is 0.359 e. The second-order valence-electron chi connectivity index (χ2n) is 5.11. The van der Waals surface area contributed by atoms with Crippen LogP contribution in [0.3, 0.4) is 0 Å². The number of aromatic nitrogens is 1. The van der Waals surface area contributed by atoms with Crippen molar-refractivity contribution in [2.24, 2.45) is 0 Å². The van der Waals surface area contributed by atoms with Gasteiger partial charge < -0.3 is 10.2 Å². The molecule has 0 aliphatic carbocycles. The van der Waals surface area contributed by atoms with E-state index in [1.54, 1.807) is 0 Å². The van der Waals surface area contributed by atoms with Crippen LogP contribution in [0.2, 0.25) is 0 Å². The van der Waals surface area contributed by atoms with E-state index in [1.807, 2.05) is 30.3 Å². The van der Waals surface area contributed by atoms with E-state index in [4.69, 9.17) is 0 Å². The highest BCUT2D eigenvalue weighted by Gasteiger charge is 2.07. The number of rotatable bonds is 7. The molecule has 0 spiro atoms. The van der Waals surface area contributed by atoms with Gasteiger partial charge in [0.15, 0.2) is 0 Å².